The quantitative estimate of drug-likeness (QED) is 0.439. The fourth-order valence-electron chi connectivity index (χ4n) is 0.910. The van der Waals surface area contributed by atoms with Crippen LogP contribution in [0.3, 0.4) is 0 Å². The van der Waals surface area contributed by atoms with Crippen LogP contribution >= 0.6 is 0 Å². The summed E-state index contributed by atoms with van der Waals surface area (Å²) in [7, 11) is 0. The van der Waals surface area contributed by atoms with E-state index in [-0.39, 0.29) is 0 Å². The van der Waals surface area contributed by atoms with Crippen molar-refractivity contribution in [2.45, 2.75) is 12.1 Å². The van der Waals surface area contributed by atoms with Gasteiger partial charge in [-0.15, -0.1) is 13.2 Å². The summed E-state index contributed by atoms with van der Waals surface area (Å²) >= 11 is 0. The molecular formula is C6H8N2O4-2. The van der Waals surface area contributed by atoms with Crippen molar-refractivity contribution in [1.29, 1.82) is 0 Å². The minimum absolute atomic E-state index is 0.578. The van der Waals surface area contributed by atoms with E-state index in [0.717, 1.165) is 0 Å². The standard InChI is InChI=1S/C6H8N2O4/c9-1-3-5(11)8-4(2-10)6(12)7-3/h3-4H,1-2H2,(H,7,12)(H,8,11)/q-2. The lowest BCUT2D eigenvalue weighted by molar-refractivity contribution is -0.375. The summed E-state index contributed by atoms with van der Waals surface area (Å²) in [6.07, 6.45) is 0. The summed E-state index contributed by atoms with van der Waals surface area (Å²) in [5.41, 5.74) is 0. The maximum atomic E-state index is 10.9. The number of piperazine rings is 1. The van der Waals surface area contributed by atoms with Crippen LogP contribution in [0.15, 0.2) is 0 Å². The van der Waals surface area contributed by atoms with Crippen molar-refractivity contribution < 1.29 is 19.8 Å². The monoisotopic (exact) mass is 172 g/mol. The first kappa shape index (κ1) is 8.95. The molecule has 2 unspecified atom stereocenters. The molecule has 68 valence electrons. The van der Waals surface area contributed by atoms with E-state index in [0.29, 0.717) is 0 Å². The van der Waals surface area contributed by atoms with Crippen LogP contribution in [0.2, 0.25) is 0 Å². The molecule has 6 nitrogen and oxygen atoms in total. The molecule has 0 bridgehead atoms. The van der Waals surface area contributed by atoms with Gasteiger partial charge in [0.1, 0.15) is 0 Å². The average molecular weight is 172 g/mol. The number of amides is 2. The topological polar surface area (TPSA) is 104 Å². The highest BCUT2D eigenvalue weighted by Crippen LogP contribution is 1.93. The first-order chi connectivity index (χ1) is 5.69. The predicted molar refractivity (Wildman–Crippen MR) is 33.6 cm³/mol. The Balaban J connectivity index is 2.61. The molecule has 1 aliphatic rings. The van der Waals surface area contributed by atoms with Crippen molar-refractivity contribution in [2.75, 3.05) is 13.2 Å². The lowest BCUT2D eigenvalue weighted by Crippen LogP contribution is -2.66. The molecule has 1 rings (SSSR count). The third-order valence-electron chi connectivity index (χ3n) is 1.60. The van der Waals surface area contributed by atoms with Crippen LogP contribution in [-0.4, -0.2) is 37.1 Å². The van der Waals surface area contributed by atoms with Crippen LogP contribution in [0, 0.1) is 0 Å². The van der Waals surface area contributed by atoms with Crippen molar-refractivity contribution in [3.8, 4) is 0 Å². The van der Waals surface area contributed by atoms with Gasteiger partial charge in [-0.25, -0.2) is 0 Å². The van der Waals surface area contributed by atoms with Gasteiger partial charge in [0.2, 0.25) is 11.8 Å². The lowest BCUT2D eigenvalue weighted by atomic mass is 10.1. The van der Waals surface area contributed by atoms with Crippen LogP contribution < -0.4 is 20.8 Å². The summed E-state index contributed by atoms with van der Waals surface area (Å²) in [4.78, 5) is 21.8. The molecule has 2 atom stereocenters. The Labute approximate surface area is 68.6 Å². The molecule has 1 heterocycles. The molecule has 0 spiro atoms. The van der Waals surface area contributed by atoms with Crippen LogP contribution in [0.4, 0.5) is 0 Å². The fraction of sp³-hybridized carbons (Fsp3) is 0.667. The van der Waals surface area contributed by atoms with Gasteiger partial charge in [0.05, 0.1) is 12.1 Å². The molecule has 0 aromatic carbocycles. The van der Waals surface area contributed by atoms with E-state index >= 15 is 0 Å². The Morgan fingerprint density at radius 1 is 1.00 bits per heavy atom. The Bertz CT molecular complexity index is 184. The molecule has 0 aromatic heterocycles. The summed E-state index contributed by atoms with van der Waals surface area (Å²) < 4.78 is 0. The predicted octanol–water partition coefficient (Wildman–Crippen LogP) is -4.31. The van der Waals surface area contributed by atoms with Crippen molar-refractivity contribution in [3.05, 3.63) is 0 Å². The first-order valence-electron chi connectivity index (χ1n) is 3.46. The molecule has 2 amide bonds. The van der Waals surface area contributed by atoms with E-state index in [4.69, 9.17) is 0 Å². The molecule has 0 saturated carbocycles. The third-order valence-corrected chi connectivity index (χ3v) is 1.60. The molecule has 2 N–H and O–H groups in total. The van der Waals surface area contributed by atoms with Crippen LogP contribution in [0.1, 0.15) is 0 Å². The smallest absolute Gasteiger partial charge is 0.241 e. The molecule has 0 aliphatic carbocycles. The second-order valence-electron chi connectivity index (χ2n) is 2.46. The summed E-state index contributed by atoms with van der Waals surface area (Å²) in [5.74, 6) is -1.16. The fourth-order valence-corrected chi connectivity index (χ4v) is 0.910. The maximum absolute atomic E-state index is 10.9. The highest BCUT2D eigenvalue weighted by Gasteiger charge is 2.28. The molecule has 0 aromatic rings. The van der Waals surface area contributed by atoms with Gasteiger partial charge in [0, 0.05) is 0 Å². The molecule has 1 aliphatic heterocycles. The van der Waals surface area contributed by atoms with Crippen molar-refractivity contribution >= 4 is 11.8 Å². The zero-order valence-corrected chi connectivity index (χ0v) is 6.20. The molecule has 0 radical (unpaired) electrons. The number of rotatable bonds is 2. The van der Waals surface area contributed by atoms with Crippen molar-refractivity contribution in [1.82, 2.24) is 10.6 Å². The molecular weight excluding hydrogens is 164 g/mol. The first-order valence-corrected chi connectivity index (χ1v) is 3.46. The number of hydrogen-bond donors (Lipinski definition) is 2. The van der Waals surface area contributed by atoms with Gasteiger partial charge < -0.3 is 20.8 Å². The highest BCUT2D eigenvalue weighted by atomic mass is 16.3. The van der Waals surface area contributed by atoms with Gasteiger partial charge in [0.15, 0.2) is 0 Å². The maximum Gasteiger partial charge on any atom is 0.241 e. The normalized spacial score (nSPS) is 29.5. The van der Waals surface area contributed by atoms with E-state index in [2.05, 4.69) is 10.6 Å². The van der Waals surface area contributed by atoms with E-state index in [1.807, 2.05) is 0 Å². The van der Waals surface area contributed by atoms with Gasteiger partial charge in [0.25, 0.3) is 0 Å². The van der Waals surface area contributed by atoms with Gasteiger partial charge in [-0.3, -0.25) is 9.59 Å². The minimum atomic E-state index is -1.03. The average Bonchev–Trinajstić information content (AvgIpc) is 2.08. The van der Waals surface area contributed by atoms with E-state index in [1.54, 1.807) is 0 Å². The third kappa shape index (κ3) is 1.54. The summed E-state index contributed by atoms with van der Waals surface area (Å²) in [5, 5.41) is 24.9. The van der Waals surface area contributed by atoms with Gasteiger partial charge in [-0.05, 0) is 0 Å². The molecule has 1 fully saturated rings. The Morgan fingerprint density at radius 2 is 1.33 bits per heavy atom. The SMILES string of the molecule is O=C1NC(C[O-])C(=O)NC1C[O-]. The largest absolute Gasteiger partial charge is 0.853 e. The van der Waals surface area contributed by atoms with Gasteiger partial charge >= 0.3 is 0 Å². The Hall–Kier alpha value is -1.14. The molecule has 12 heavy (non-hydrogen) atoms. The lowest BCUT2D eigenvalue weighted by Gasteiger charge is -2.32. The number of nitrogens with one attached hydrogen (secondary N) is 2. The minimum Gasteiger partial charge on any atom is -0.853 e. The summed E-state index contributed by atoms with van der Waals surface area (Å²) in [6, 6.07) is -2.06. The number of carbonyl (C=O) groups excluding carboxylic acids is 2. The molecule has 6 heteroatoms. The van der Waals surface area contributed by atoms with Crippen LogP contribution in [0.25, 0.3) is 0 Å². The second kappa shape index (κ2) is 3.51. The summed E-state index contributed by atoms with van der Waals surface area (Å²) in [6.45, 7) is -1.41. The van der Waals surface area contributed by atoms with Crippen LogP contribution in [0.5, 0.6) is 0 Å². The Morgan fingerprint density at radius 3 is 1.58 bits per heavy atom. The van der Waals surface area contributed by atoms with E-state index in [9.17, 15) is 19.8 Å². The van der Waals surface area contributed by atoms with Crippen molar-refractivity contribution in [2.24, 2.45) is 0 Å². The zero-order chi connectivity index (χ0) is 9.14. The highest BCUT2D eigenvalue weighted by molar-refractivity contribution is 5.96. The molecule has 1 saturated heterocycles. The number of carbonyl (C=O) groups is 2. The van der Waals surface area contributed by atoms with E-state index < -0.39 is 37.1 Å². The zero-order valence-electron chi connectivity index (χ0n) is 6.20. The van der Waals surface area contributed by atoms with Crippen molar-refractivity contribution in [3.63, 3.8) is 0 Å². The number of hydrogen-bond acceptors (Lipinski definition) is 4. The second-order valence-corrected chi connectivity index (χ2v) is 2.46. The van der Waals surface area contributed by atoms with Gasteiger partial charge in [-0.2, -0.15) is 0 Å². The van der Waals surface area contributed by atoms with Crippen LogP contribution in [-0.2, 0) is 9.59 Å². The van der Waals surface area contributed by atoms with Gasteiger partial charge in [-0.1, -0.05) is 0 Å². The van der Waals surface area contributed by atoms with E-state index in [1.165, 1.54) is 0 Å². The Kier molecular flexibility index (Phi) is 2.61.